The third-order valence-corrected chi connectivity index (χ3v) is 3.11. The van der Waals surface area contributed by atoms with Gasteiger partial charge in [0.1, 0.15) is 5.82 Å². The van der Waals surface area contributed by atoms with Crippen LogP contribution in [0, 0.1) is 5.82 Å². The molecule has 0 bridgehead atoms. The van der Waals surface area contributed by atoms with Gasteiger partial charge in [0.05, 0.1) is 11.3 Å². The maximum atomic E-state index is 14.0. The molecule has 0 atom stereocenters. The summed E-state index contributed by atoms with van der Waals surface area (Å²) >= 11 is 0. The number of nitrogen functional groups attached to an aromatic ring is 1. The fourth-order valence-corrected chi connectivity index (χ4v) is 2.03. The zero-order valence-corrected chi connectivity index (χ0v) is 12.2. The number of hydrogen-bond donors (Lipinski definition) is 2. The van der Waals surface area contributed by atoms with Crippen LogP contribution in [0.2, 0.25) is 0 Å². The zero-order valence-electron chi connectivity index (χ0n) is 12.2. The lowest BCUT2D eigenvalue weighted by Gasteiger charge is -2.25. The van der Waals surface area contributed by atoms with Gasteiger partial charge in [0.2, 0.25) is 0 Å². The van der Waals surface area contributed by atoms with Crippen LogP contribution in [0.1, 0.15) is 23.7 Å². The Morgan fingerprint density at radius 2 is 2.00 bits per heavy atom. The number of carboxylic acids is 1. The lowest BCUT2D eigenvalue weighted by Crippen LogP contribution is -2.28. The molecule has 5 nitrogen and oxygen atoms in total. The quantitative estimate of drug-likeness (QED) is 0.748. The predicted octanol–water partition coefficient (Wildman–Crippen LogP) is 1.88. The van der Waals surface area contributed by atoms with Gasteiger partial charge < -0.3 is 20.6 Å². The van der Waals surface area contributed by atoms with Gasteiger partial charge in [-0.25, -0.2) is 9.18 Å². The van der Waals surface area contributed by atoms with E-state index in [-0.39, 0.29) is 16.9 Å². The van der Waals surface area contributed by atoms with Crippen molar-refractivity contribution in [1.29, 1.82) is 0 Å². The van der Waals surface area contributed by atoms with Gasteiger partial charge in [-0.15, -0.1) is 0 Å². The minimum Gasteiger partial charge on any atom is -0.478 e. The molecule has 0 radical (unpaired) electrons. The first kappa shape index (κ1) is 16.2. The minimum absolute atomic E-state index is 0.0527. The highest BCUT2D eigenvalue weighted by Crippen LogP contribution is 2.25. The van der Waals surface area contributed by atoms with Crippen LogP contribution in [0.4, 0.5) is 15.8 Å². The molecule has 0 saturated heterocycles. The van der Waals surface area contributed by atoms with Crippen molar-refractivity contribution in [3.8, 4) is 0 Å². The molecule has 0 aliphatic carbocycles. The molecule has 1 rings (SSSR count). The van der Waals surface area contributed by atoms with E-state index in [4.69, 9.17) is 10.8 Å². The molecule has 0 amide bonds. The second-order valence-corrected chi connectivity index (χ2v) is 4.93. The summed E-state index contributed by atoms with van der Waals surface area (Å²) < 4.78 is 14.0. The van der Waals surface area contributed by atoms with Crippen LogP contribution in [0.25, 0.3) is 0 Å². The van der Waals surface area contributed by atoms with E-state index in [1.807, 2.05) is 25.9 Å². The van der Waals surface area contributed by atoms with E-state index >= 15 is 0 Å². The summed E-state index contributed by atoms with van der Waals surface area (Å²) in [6.07, 6.45) is 0.868. The first-order chi connectivity index (χ1) is 9.36. The molecule has 1 aromatic carbocycles. The van der Waals surface area contributed by atoms with Crippen LogP contribution >= 0.6 is 0 Å². The molecule has 0 heterocycles. The number of rotatable bonds is 7. The maximum absolute atomic E-state index is 14.0. The van der Waals surface area contributed by atoms with E-state index in [0.29, 0.717) is 13.1 Å². The van der Waals surface area contributed by atoms with E-state index in [9.17, 15) is 9.18 Å². The lowest BCUT2D eigenvalue weighted by molar-refractivity contribution is 0.0698. The second kappa shape index (κ2) is 7.09. The monoisotopic (exact) mass is 283 g/mol. The molecular formula is C14H22FN3O2. The number of halogens is 1. The maximum Gasteiger partial charge on any atom is 0.337 e. The van der Waals surface area contributed by atoms with Gasteiger partial charge >= 0.3 is 5.97 Å². The van der Waals surface area contributed by atoms with Gasteiger partial charge in [-0.2, -0.15) is 0 Å². The average Bonchev–Trinajstić information content (AvgIpc) is 2.35. The van der Waals surface area contributed by atoms with Crippen molar-refractivity contribution < 1.29 is 14.3 Å². The molecule has 6 heteroatoms. The highest BCUT2D eigenvalue weighted by molar-refractivity contribution is 5.95. The molecule has 0 unspecified atom stereocenters. The van der Waals surface area contributed by atoms with E-state index < -0.39 is 11.8 Å². The first-order valence-corrected chi connectivity index (χ1v) is 6.58. The largest absolute Gasteiger partial charge is 0.478 e. The third-order valence-electron chi connectivity index (χ3n) is 3.11. The van der Waals surface area contributed by atoms with Crippen molar-refractivity contribution in [3.63, 3.8) is 0 Å². The molecule has 0 aliphatic rings. The zero-order chi connectivity index (χ0) is 15.3. The number of carbonyl (C=O) groups is 1. The summed E-state index contributed by atoms with van der Waals surface area (Å²) in [6.45, 7) is 4.06. The average molecular weight is 283 g/mol. The topological polar surface area (TPSA) is 69.8 Å². The van der Waals surface area contributed by atoms with Crippen LogP contribution < -0.4 is 10.6 Å². The van der Waals surface area contributed by atoms with Crippen molar-refractivity contribution in [1.82, 2.24) is 4.90 Å². The van der Waals surface area contributed by atoms with Crippen molar-refractivity contribution in [2.24, 2.45) is 0 Å². The fourth-order valence-electron chi connectivity index (χ4n) is 2.03. The molecule has 20 heavy (non-hydrogen) atoms. The molecule has 1 aromatic rings. The number of anilines is 2. The van der Waals surface area contributed by atoms with Gasteiger partial charge in [0.15, 0.2) is 0 Å². The van der Waals surface area contributed by atoms with Crippen molar-refractivity contribution in [2.75, 3.05) is 44.4 Å². The number of carboxylic acid groups (broad SMARTS) is 1. The predicted molar refractivity (Wildman–Crippen MR) is 78.8 cm³/mol. The Kier molecular flexibility index (Phi) is 5.76. The van der Waals surface area contributed by atoms with Gasteiger partial charge in [-0.3, -0.25) is 0 Å². The Hall–Kier alpha value is -1.82. The normalized spacial score (nSPS) is 10.8. The Balaban J connectivity index is 2.96. The minimum atomic E-state index is -1.15. The number of nitrogens with two attached hydrogens (primary N) is 1. The second-order valence-electron chi connectivity index (χ2n) is 4.93. The summed E-state index contributed by atoms with van der Waals surface area (Å²) in [5.41, 5.74) is 5.70. The molecule has 0 aromatic heterocycles. The smallest absolute Gasteiger partial charge is 0.337 e. The Morgan fingerprint density at radius 1 is 1.35 bits per heavy atom. The Morgan fingerprint density at radius 3 is 2.50 bits per heavy atom. The van der Waals surface area contributed by atoms with Crippen LogP contribution in [0.15, 0.2) is 12.1 Å². The van der Waals surface area contributed by atoms with E-state index in [2.05, 4.69) is 4.90 Å². The molecule has 0 saturated carbocycles. The van der Waals surface area contributed by atoms with Crippen LogP contribution in [-0.4, -0.2) is 49.7 Å². The van der Waals surface area contributed by atoms with E-state index in [1.54, 1.807) is 0 Å². The van der Waals surface area contributed by atoms with Gasteiger partial charge in [0, 0.05) is 18.8 Å². The van der Waals surface area contributed by atoms with E-state index in [0.717, 1.165) is 19.0 Å². The molecular weight excluding hydrogens is 261 g/mol. The van der Waals surface area contributed by atoms with Crippen LogP contribution in [0.3, 0.4) is 0 Å². The van der Waals surface area contributed by atoms with Crippen LogP contribution in [0.5, 0.6) is 0 Å². The fraction of sp³-hybridized carbons (Fsp3) is 0.500. The van der Waals surface area contributed by atoms with Crippen molar-refractivity contribution in [3.05, 3.63) is 23.5 Å². The summed E-state index contributed by atoms with van der Waals surface area (Å²) in [6, 6.07) is 2.39. The molecule has 0 aliphatic heterocycles. The number of hydrogen-bond acceptors (Lipinski definition) is 4. The first-order valence-electron chi connectivity index (χ1n) is 6.58. The summed E-state index contributed by atoms with van der Waals surface area (Å²) in [4.78, 5) is 14.9. The molecule has 0 fully saturated rings. The van der Waals surface area contributed by atoms with Crippen LogP contribution in [-0.2, 0) is 0 Å². The van der Waals surface area contributed by atoms with Gasteiger partial charge in [-0.1, -0.05) is 0 Å². The van der Waals surface area contributed by atoms with Crippen molar-refractivity contribution >= 4 is 17.3 Å². The Bertz CT molecular complexity index is 478. The summed E-state index contributed by atoms with van der Waals surface area (Å²) in [7, 11) is 3.95. The third kappa shape index (κ3) is 4.09. The summed E-state index contributed by atoms with van der Waals surface area (Å²) in [5, 5.41) is 9.06. The molecule has 0 spiro atoms. The number of nitrogens with zero attached hydrogens (tertiary/aromatic N) is 2. The highest BCUT2D eigenvalue weighted by Gasteiger charge is 2.16. The van der Waals surface area contributed by atoms with Crippen molar-refractivity contribution in [2.45, 2.75) is 13.3 Å². The van der Waals surface area contributed by atoms with Gasteiger partial charge in [-0.05, 0) is 46.1 Å². The highest BCUT2D eigenvalue weighted by atomic mass is 19.1. The summed E-state index contributed by atoms with van der Waals surface area (Å²) in [5.74, 6) is -1.63. The molecule has 3 N–H and O–H groups in total. The standard InChI is InChI=1S/C14H22FN3O2/c1-4-18(7-5-6-17(2)3)13-8-10(14(19)20)12(16)9-11(13)15/h8-9H,4-7,16H2,1-3H3,(H,19,20). The number of benzene rings is 1. The molecule has 112 valence electrons. The van der Waals surface area contributed by atoms with E-state index in [1.165, 1.54) is 6.07 Å². The van der Waals surface area contributed by atoms with Gasteiger partial charge in [0.25, 0.3) is 0 Å². The lowest BCUT2D eigenvalue weighted by atomic mass is 10.1. The number of aromatic carboxylic acids is 1. The SMILES string of the molecule is CCN(CCCN(C)C)c1cc(C(=O)O)c(N)cc1F. The Labute approximate surface area is 118 Å².